The Kier molecular flexibility index (Phi) is 10.2. The van der Waals surface area contributed by atoms with Gasteiger partial charge in [0.05, 0.1) is 24.8 Å². The third kappa shape index (κ3) is 8.28. The van der Waals surface area contributed by atoms with Crippen molar-refractivity contribution in [3.8, 4) is 17.2 Å². The highest BCUT2D eigenvalue weighted by Gasteiger charge is 2.20. The van der Waals surface area contributed by atoms with Gasteiger partial charge in [-0.1, -0.05) is 25.3 Å². The summed E-state index contributed by atoms with van der Waals surface area (Å²) in [5.74, 6) is 1.05. The van der Waals surface area contributed by atoms with Crippen molar-refractivity contribution in [1.82, 2.24) is 5.43 Å². The number of ether oxygens (including phenoxy) is 3. The minimum Gasteiger partial charge on any atom is -0.494 e. The van der Waals surface area contributed by atoms with E-state index in [1.807, 2.05) is 6.92 Å². The predicted molar refractivity (Wildman–Crippen MR) is 133 cm³/mol. The molecule has 0 aliphatic heterocycles. The Labute approximate surface area is 200 Å². The molecule has 0 fully saturated rings. The zero-order valence-electron chi connectivity index (χ0n) is 19.3. The number of benzene rings is 2. The van der Waals surface area contributed by atoms with Crippen LogP contribution in [0.25, 0.3) is 0 Å². The fraction of sp³-hybridized carbons (Fsp3) is 0.250. The summed E-state index contributed by atoms with van der Waals surface area (Å²) in [5, 5.41) is 3.94. The summed E-state index contributed by atoms with van der Waals surface area (Å²) in [7, 11) is -3.72. The molecule has 0 bridgehead atoms. The van der Waals surface area contributed by atoms with E-state index in [-0.39, 0.29) is 6.61 Å². The smallest absolute Gasteiger partial charge is 0.260 e. The van der Waals surface area contributed by atoms with Gasteiger partial charge in [0.15, 0.2) is 0 Å². The molecule has 2 aromatic rings. The molecule has 2 rings (SSSR count). The summed E-state index contributed by atoms with van der Waals surface area (Å²) < 4.78 is 42.0. The van der Waals surface area contributed by atoms with Gasteiger partial charge in [-0.3, -0.25) is 9.10 Å². The van der Waals surface area contributed by atoms with E-state index in [2.05, 4.69) is 23.7 Å². The molecule has 34 heavy (non-hydrogen) atoms. The van der Waals surface area contributed by atoms with E-state index < -0.39 is 22.5 Å². The van der Waals surface area contributed by atoms with Crippen molar-refractivity contribution in [3.05, 3.63) is 73.3 Å². The Morgan fingerprint density at radius 2 is 1.68 bits per heavy atom. The van der Waals surface area contributed by atoms with Crippen LogP contribution in [0.2, 0.25) is 0 Å². The molecule has 9 nitrogen and oxygen atoms in total. The lowest BCUT2D eigenvalue weighted by molar-refractivity contribution is -0.119. The first-order chi connectivity index (χ1) is 16.3. The van der Waals surface area contributed by atoms with Gasteiger partial charge >= 0.3 is 0 Å². The van der Waals surface area contributed by atoms with Crippen LogP contribution in [0.3, 0.4) is 0 Å². The van der Waals surface area contributed by atoms with Gasteiger partial charge in [0, 0.05) is 11.6 Å². The number of carbonyl (C=O) groups excluding carboxylic acids is 1. The first-order valence-electron chi connectivity index (χ1n) is 10.4. The second-order valence-corrected chi connectivity index (χ2v) is 8.80. The summed E-state index contributed by atoms with van der Waals surface area (Å²) in [6.07, 6.45) is 5.65. The number of anilines is 1. The van der Waals surface area contributed by atoms with Gasteiger partial charge in [0.2, 0.25) is 10.0 Å². The molecule has 0 aliphatic rings. The molecule has 2 aromatic carbocycles. The average molecular weight is 488 g/mol. The number of hydrogen-bond donors (Lipinski definition) is 1. The number of hydrazone groups is 1. The van der Waals surface area contributed by atoms with Crippen LogP contribution in [0.15, 0.2) is 72.9 Å². The number of sulfonamides is 1. The molecule has 0 heterocycles. The molecule has 0 unspecified atom stereocenters. The minimum absolute atomic E-state index is 0.267. The lowest BCUT2D eigenvalue weighted by atomic mass is 10.2. The third-order valence-electron chi connectivity index (χ3n) is 4.23. The van der Waals surface area contributed by atoms with Gasteiger partial charge in [0.25, 0.3) is 5.91 Å². The predicted octanol–water partition coefficient (Wildman–Crippen LogP) is 3.13. The van der Waals surface area contributed by atoms with E-state index in [9.17, 15) is 13.2 Å². The molecule has 0 atom stereocenters. The number of nitrogens with one attached hydrogen (secondary N) is 1. The molecule has 0 aromatic heterocycles. The van der Waals surface area contributed by atoms with E-state index in [1.165, 1.54) is 6.21 Å². The number of rotatable bonds is 14. The van der Waals surface area contributed by atoms with Crippen LogP contribution in [0.5, 0.6) is 17.2 Å². The summed E-state index contributed by atoms with van der Waals surface area (Å²) >= 11 is 0. The number of amides is 1. The Hall–Kier alpha value is -3.79. The average Bonchev–Trinajstić information content (AvgIpc) is 2.81. The highest BCUT2D eigenvalue weighted by molar-refractivity contribution is 7.92. The SMILES string of the molecule is C=CCOc1ccc(/C=N/NC(=O)CN(c2ccc(OCC)cc2)S(C)(=O)=O)c(OCC=C)c1. The van der Waals surface area contributed by atoms with Crippen molar-refractivity contribution in [2.45, 2.75) is 6.92 Å². The molecule has 10 heteroatoms. The largest absolute Gasteiger partial charge is 0.494 e. The summed E-state index contributed by atoms with van der Waals surface area (Å²) in [6, 6.07) is 11.6. The maximum Gasteiger partial charge on any atom is 0.260 e. The monoisotopic (exact) mass is 487 g/mol. The number of nitrogens with zero attached hydrogens (tertiary/aromatic N) is 2. The molecule has 1 amide bonds. The topological polar surface area (TPSA) is 107 Å². The van der Waals surface area contributed by atoms with Gasteiger partial charge in [-0.2, -0.15) is 5.10 Å². The molecule has 182 valence electrons. The van der Waals surface area contributed by atoms with Crippen LogP contribution < -0.4 is 23.9 Å². The Morgan fingerprint density at radius 3 is 2.29 bits per heavy atom. The van der Waals surface area contributed by atoms with Crippen LogP contribution in [-0.2, 0) is 14.8 Å². The fourth-order valence-corrected chi connectivity index (χ4v) is 3.61. The van der Waals surface area contributed by atoms with Crippen molar-refractivity contribution in [2.75, 3.05) is 36.9 Å². The van der Waals surface area contributed by atoms with Crippen LogP contribution in [0.1, 0.15) is 12.5 Å². The summed E-state index contributed by atoms with van der Waals surface area (Å²) in [5.41, 5.74) is 3.26. The molecular weight excluding hydrogens is 458 g/mol. The van der Waals surface area contributed by atoms with Gasteiger partial charge in [-0.25, -0.2) is 13.8 Å². The Bertz CT molecular complexity index is 1110. The van der Waals surface area contributed by atoms with Crippen molar-refractivity contribution in [2.24, 2.45) is 5.10 Å². The second kappa shape index (κ2) is 13.0. The quantitative estimate of drug-likeness (QED) is 0.249. The first kappa shape index (κ1) is 26.5. The van der Waals surface area contributed by atoms with Gasteiger partial charge in [0.1, 0.15) is 37.0 Å². The second-order valence-electron chi connectivity index (χ2n) is 6.89. The Balaban J connectivity index is 2.11. The van der Waals surface area contributed by atoms with Crippen molar-refractivity contribution in [1.29, 1.82) is 0 Å². The van der Waals surface area contributed by atoms with Crippen LogP contribution in [0, 0.1) is 0 Å². The minimum atomic E-state index is -3.72. The van der Waals surface area contributed by atoms with Crippen LogP contribution in [0.4, 0.5) is 5.69 Å². The lowest BCUT2D eigenvalue weighted by Gasteiger charge is -2.21. The number of carbonyl (C=O) groups is 1. The molecule has 0 saturated heterocycles. The van der Waals surface area contributed by atoms with E-state index in [0.29, 0.717) is 41.7 Å². The van der Waals surface area contributed by atoms with Crippen LogP contribution >= 0.6 is 0 Å². The Morgan fingerprint density at radius 1 is 1.03 bits per heavy atom. The van der Waals surface area contributed by atoms with Gasteiger partial charge in [-0.15, -0.1) is 0 Å². The van der Waals surface area contributed by atoms with E-state index in [0.717, 1.165) is 10.6 Å². The summed E-state index contributed by atoms with van der Waals surface area (Å²) in [4.78, 5) is 12.4. The molecule has 0 aliphatic carbocycles. The lowest BCUT2D eigenvalue weighted by Crippen LogP contribution is -2.39. The van der Waals surface area contributed by atoms with Crippen LogP contribution in [-0.4, -0.2) is 53.2 Å². The van der Waals surface area contributed by atoms with E-state index >= 15 is 0 Å². The normalized spacial score (nSPS) is 11.0. The van der Waals surface area contributed by atoms with Crippen molar-refractivity contribution in [3.63, 3.8) is 0 Å². The molecule has 0 spiro atoms. The zero-order chi connectivity index (χ0) is 25.0. The molecule has 0 radical (unpaired) electrons. The van der Waals surface area contributed by atoms with Gasteiger partial charge in [-0.05, 0) is 43.3 Å². The number of hydrogen-bond acceptors (Lipinski definition) is 7. The standard InChI is InChI=1S/C24H29N3O6S/c1-5-14-32-22-11-8-19(23(16-22)33-15-6-2)17-25-26-24(28)18-27(34(4,29)30)20-9-12-21(13-10-20)31-7-3/h5-6,8-13,16-17H,1-2,7,14-15,18H2,3-4H3,(H,26,28)/b25-17+. The fourth-order valence-electron chi connectivity index (χ4n) is 2.75. The third-order valence-corrected chi connectivity index (χ3v) is 5.37. The van der Waals surface area contributed by atoms with Crippen molar-refractivity contribution < 1.29 is 27.4 Å². The summed E-state index contributed by atoms with van der Waals surface area (Å²) in [6.45, 7) is 9.74. The highest BCUT2D eigenvalue weighted by Crippen LogP contribution is 2.24. The highest BCUT2D eigenvalue weighted by atomic mass is 32.2. The molecule has 1 N–H and O–H groups in total. The van der Waals surface area contributed by atoms with Gasteiger partial charge < -0.3 is 14.2 Å². The van der Waals surface area contributed by atoms with E-state index in [1.54, 1.807) is 54.6 Å². The van der Waals surface area contributed by atoms with Crippen molar-refractivity contribution >= 4 is 27.8 Å². The first-order valence-corrected chi connectivity index (χ1v) is 12.3. The molecule has 0 saturated carbocycles. The zero-order valence-corrected chi connectivity index (χ0v) is 20.1. The maximum absolute atomic E-state index is 12.4. The maximum atomic E-state index is 12.4. The molecular formula is C24H29N3O6S. The van der Waals surface area contributed by atoms with E-state index in [4.69, 9.17) is 14.2 Å².